The second-order valence-electron chi connectivity index (χ2n) is 7.58. The molecule has 0 fully saturated rings. The van der Waals surface area contributed by atoms with Crippen molar-refractivity contribution in [1.29, 1.82) is 0 Å². The fourth-order valence-electron chi connectivity index (χ4n) is 3.53. The highest BCUT2D eigenvalue weighted by Crippen LogP contribution is 2.20. The van der Waals surface area contributed by atoms with Crippen LogP contribution in [0.1, 0.15) is 43.5 Å². The smallest absolute Gasteiger partial charge is 0.332 e. The zero-order valence-electron chi connectivity index (χ0n) is 17.8. The van der Waals surface area contributed by atoms with Gasteiger partial charge in [-0.05, 0) is 42.1 Å². The predicted molar refractivity (Wildman–Crippen MR) is 121 cm³/mol. The van der Waals surface area contributed by atoms with Gasteiger partial charge in [0, 0.05) is 24.5 Å². The Morgan fingerprint density at radius 3 is 2.61 bits per heavy atom. The molecule has 0 radical (unpaired) electrons. The van der Waals surface area contributed by atoms with Crippen LogP contribution in [0, 0.1) is 5.82 Å². The van der Waals surface area contributed by atoms with Gasteiger partial charge in [-0.3, -0.25) is 13.9 Å². The first-order valence-electron chi connectivity index (χ1n) is 10.5. The standard InChI is InChI=1S/C21H21Cl2FN6O3/c1-2-3-8-29-18-17(25-20(23)26-18)19(31)30(21(29)32)9-4-5-15-27-28-16(33-15)10-12-6-7-13(24)11-14(12)22/h6-7,11H,2-5,8-10H2,1H3,(H,25,26). The lowest BCUT2D eigenvalue weighted by Gasteiger charge is -2.10. The van der Waals surface area contributed by atoms with Crippen molar-refractivity contribution in [1.82, 2.24) is 29.3 Å². The van der Waals surface area contributed by atoms with E-state index in [4.69, 9.17) is 27.6 Å². The maximum Gasteiger partial charge on any atom is 0.332 e. The van der Waals surface area contributed by atoms with Crippen molar-refractivity contribution < 1.29 is 8.81 Å². The first-order valence-corrected chi connectivity index (χ1v) is 11.3. The lowest BCUT2D eigenvalue weighted by Crippen LogP contribution is -2.40. The largest absolute Gasteiger partial charge is 0.425 e. The Bertz CT molecular complexity index is 1410. The van der Waals surface area contributed by atoms with Gasteiger partial charge in [0.05, 0.1) is 6.42 Å². The van der Waals surface area contributed by atoms with E-state index in [1.54, 1.807) is 6.07 Å². The second kappa shape index (κ2) is 9.88. The minimum absolute atomic E-state index is 0.0594. The van der Waals surface area contributed by atoms with Gasteiger partial charge in [0.15, 0.2) is 11.2 Å². The predicted octanol–water partition coefficient (Wildman–Crippen LogP) is 3.74. The molecule has 4 rings (SSSR count). The van der Waals surface area contributed by atoms with Crippen LogP contribution in [0.25, 0.3) is 11.2 Å². The summed E-state index contributed by atoms with van der Waals surface area (Å²) in [5.74, 6) is 0.286. The van der Waals surface area contributed by atoms with Crippen LogP contribution in [-0.4, -0.2) is 29.3 Å². The summed E-state index contributed by atoms with van der Waals surface area (Å²) >= 11 is 12.0. The van der Waals surface area contributed by atoms with E-state index in [1.165, 1.54) is 21.3 Å². The van der Waals surface area contributed by atoms with Gasteiger partial charge in [-0.1, -0.05) is 31.0 Å². The molecule has 3 aromatic heterocycles. The Morgan fingerprint density at radius 1 is 1.09 bits per heavy atom. The van der Waals surface area contributed by atoms with Gasteiger partial charge in [-0.25, -0.2) is 9.18 Å². The third-order valence-corrected chi connectivity index (χ3v) is 5.74. The van der Waals surface area contributed by atoms with Crippen molar-refractivity contribution >= 4 is 34.4 Å². The minimum Gasteiger partial charge on any atom is -0.425 e. The highest BCUT2D eigenvalue weighted by Gasteiger charge is 2.17. The Kier molecular flexibility index (Phi) is 6.94. The maximum atomic E-state index is 13.2. The second-order valence-corrected chi connectivity index (χ2v) is 8.34. The number of halogens is 3. The summed E-state index contributed by atoms with van der Waals surface area (Å²) in [7, 11) is 0. The molecule has 33 heavy (non-hydrogen) atoms. The molecule has 1 N–H and O–H groups in total. The molecule has 174 valence electrons. The number of imidazole rings is 1. The van der Waals surface area contributed by atoms with Gasteiger partial charge in [-0.2, -0.15) is 4.98 Å². The first-order chi connectivity index (χ1) is 15.9. The summed E-state index contributed by atoms with van der Waals surface area (Å²) in [6, 6.07) is 4.10. The molecular formula is C21H21Cl2FN6O3. The number of H-pyrrole nitrogens is 1. The molecule has 0 bridgehead atoms. The number of rotatable bonds is 9. The molecule has 0 amide bonds. The summed E-state index contributed by atoms with van der Waals surface area (Å²) in [4.78, 5) is 32.6. The van der Waals surface area contributed by atoms with Crippen LogP contribution in [0.2, 0.25) is 10.3 Å². The van der Waals surface area contributed by atoms with Crippen molar-refractivity contribution in [2.75, 3.05) is 0 Å². The van der Waals surface area contributed by atoms with E-state index in [0.717, 1.165) is 12.8 Å². The van der Waals surface area contributed by atoms with Gasteiger partial charge >= 0.3 is 5.69 Å². The van der Waals surface area contributed by atoms with Crippen LogP contribution < -0.4 is 11.2 Å². The molecule has 3 heterocycles. The van der Waals surface area contributed by atoms with Gasteiger partial charge in [0.2, 0.25) is 17.1 Å². The number of benzene rings is 1. The molecule has 0 unspecified atom stereocenters. The first kappa shape index (κ1) is 23.2. The zero-order chi connectivity index (χ0) is 23.5. The van der Waals surface area contributed by atoms with E-state index in [-0.39, 0.29) is 34.4 Å². The topological polar surface area (TPSA) is 112 Å². The van der Waals surface area contributed by atoms with E-state index < -0.39 is 17.1 Å². The number of aromatic nitrogens is 6. The quantitative estimate of drug-likeness (QED) is 0.354. The van der Waals surface area contributed by atoms with E-state index in [2.05, 4.69) is 20.2 Å². The lowest BCUT2D eigenvalue weighted by molar-refractivity contribution is 0.440. The number of nitrogens with zero attached hydrogens (tertiary/aromatic N) is 5. The average molecular weight is 495 g/mol. The summed E-state index contributed by atoms with van der Waals surface area (Å²) in [6.07, 6.45) is 2.71. The average Bonchev–Trinajstić information content (AvgIpc) is 3.39. The Morgan fingerprint density at radius 2 is 1.85 bits per heavy atom. The molecule has 0 spiro atoms. The van der Waals surface area contributed by atoms with E-state index in [0.29, 0.717) is 36.7 Å². The maximum absolute atomic E-state index is 13.2. The molecule has 4 aromatic rings. The minimum atomic E-state index is -0.473. The van der Waals surface area contributed by atoms with Crippen molar-refractivity contribution in [3.8, 4) is 0 Å². The van der Waals surface area contributed by atoms with Crippen LogP contribution >= 0.6 is 23.2 Å². The van der Waals surface area contributed by atoms with Crippen LogP contribution in [-0.2, 0) is 25.9 Å². The number of aryl methyl sites for hydroxylation is 2. The highest BCUT2D eigenvalue weighted by molar-refractivity contribution is 6.31. The molecule has 0 aliphatic carbocycles. The summed E-state index contributed by atoms with van der Waals surface area (Å²) in [5, 5.41) is 8.34. The lowest BCUT2D eigenvalue weighted by atomic mass is 10.1. The number of unbranched alkanes of at least 4 members (excludes halogenated alkanes) is 1. The number of hydrogen-bond donors (Lipinski definition) is 1. The normalized spacial score (nSPS) is 11.5. The molecular weight excluding hydrogens is 474 g/mol. The molecule has 0 saturated heterocycles. The van der Waals surface area contributed by atoms with Gasteiger partial charge in [0.1, 0.15) is 5.82 Å². The summed E-state index contributed by atoms with van der Waals surface area (Å²) in [5.41, 5.74) is 0.229. The fourth-order valence-corrected chi connectivity index (χ4v) is 3.94. The fraction of sp³-hybridized carbons (Fsp3) is 0.381. The Labute approximate surface area is 197 Å². The van der Waals surface area contributed by atoms with Crippen molar-refractivity contribution in [2.45, 2.75) is 52.1 Å². The monoisotopic (exact) mass is 494 g/mol. The van der Waals surface area contributed by atoms with Gasteiger partial charge in [0.25, 0.3) is 5.56 Å². The van der Waals surface area contributed by atoms with Crippen molar-refractivity contribution in [3.05, 3.63) is 72.5 Å². The van der Waals surface area contributed by atoms with Crippen molar-refractivity contribution in [3.63, 3.8) is 0 Å². The molecule has 0 atom stereocenters. The molecule has 0 aliphatic rings. The van der Waals surface area contributed by atoms with Crippen molar-refractivity contribution in [2.24, 2.45) is 0 Å². The Balaban J connectivity index is 1.48. The molecule has 1 aromatic carbocycles. The molecule has 12 heteroatoms. The van der Waals surface area contributed by atoms with E-state index >= 15 is 0 Å². The van der Waals surface area contributed by atoms with Gasteiger partial charge < -0.3 is 9.40 Å². The van der Waals surface area contributed by atoms with E-state index in [9.17, 15) is 14.0 Å². The van der Waals surface area contributed by atoms with Crippen LogP contribution in [0.5, 0.6) is 0 Å². The number of hydrogen-bond acceptors (Lipinski definition) is 6. The summed E-state index contributed by atoms with van der Waals surface area (Å²) in [6.45, 7) is 2.61. The molecule has 0 saturated carbocycles. The zero-order valence-corrected chi connectivity index (χ0v) is 19.3. The van der Waals surface area contributed by atoms with Gasteiger partial charge in [-0.15, -0.1) is 10.2 Å². The van der Waals surface area contributed by atoms with Crippen LogP contribution in [0.4, 0.5) is 4.39 Å². The van der Waals surface area contributed by atoms with Crippen LogP contribution in [0.15, 0.2) is 32.2 Å². The van der Waals surface area contributed by atoms with E-state index in [1.807, 2.05) is 6.92 Å². The molecule has 0 aliphatic heterocycles. The summed E-state index contributed by atoms with van der Waals surface area (Å²) < 4.78 is 21.5. The third kappa shape index (κ3) is 5.01. The highest BCUT2D eigenvalue weighted by atomic mass is 35.5. The number of fused-ring (bicyclic) bond motifs is 1. The number of aromatic amines is 1. The molecule has 9 nitrogen and oxygen atoms in total. The number of nitrogens with one attached hydrogen (secondary N) is 1. The Hall–Kier alpha value is -2.98. The third-order valence-electron chi connectivity index (χ3n) is 5.21. The SMILES string of the molecule is CCCCn1c(=O)n(CCCc2nnc(Cc3ccc(F)cc3Cl)o2)c(=O)c2[nH]c(Cl)nc21. The van der Waals surface area contributed by atoms with Crippen LogP contribution in [0.3, 0.4) is 0 Å².